The summed E-state index contributed by atoms with van der Waals surface area (Å²) in [4.78, 5) is 14.1. The van der Waals surface area contributed by atoms with E-state index in [-0.39, 0.29) is 5.91 Å². The third-order valence-corrected chi connectivity index (χ3v) is 4.17. The molecule has 0 N–H and O–H groups in total. The van der Waals surface area contributed by atoms with Gasteiger partial charge in [-0.2, -0.15) is 5.26 Å². The van der Waals surface area contributed by atoms with Gasteiger partial charge in [-0.25, -0.2) is 0 Å². The Hall–Kier alpha value is -1.24. The molecule has 1 amide bonds. The molecule has 1 aromatic rings. The average Bonchev–Trinajstić information content (AvgIpc) is 2.48. The highest BCUT2D eigenvalue weighted by atomic mass is 35.5. The molecule has 0 aliphatic heterocycles. The summed E-state index contributed by atoms with van der Waals surface area (Å²) < 4.78 is 0. The van der Waals surface area contributed by atoms with Crippen LogP contribution >= 0.6 is 23.2 Å². The Balaban J connectivity index is 2.57. The van der Waals surface area contributed by atoms with Crippen molar-refractivity contribution in [2.75, 3.05) is 13.1 Å². The number of halogens is 2. The lowest BCUT2D eigenvalue weighted by Gasteiger charge is -2.22. The van der Waals surface area contributed by atoms with Crippen molar-refractivity contribution >= 4 is 29.1 Å². The number of carbonyl (C=O) groups is 1. The maximum atomic E-state index is 12.3. The Labute approximate surface area is 142 Å². The Kier molecular flexibility index (Phi) is 8.30. The highest BCUT2D eigenvalue weighted by molar-refractivity contribution is 6.42. The molecule has 0 aliphatic carbocycles. The zero-order chi connectivity index (χ0) is 16.5. The lowest BCUT2D eigenvalue weighted by molar-refractivity contribution is -0.131. The van der Waals surface area contributed by atoms with Crippen molar-refractivity contribution in [3.8, 4) is 6.07 Å². The van der Waals surface area contributed by atoms with E-state index in [9.17, 15) is 4.79 Å². The number of nitrogens with zero attached hydrogens (tertiary/aromatic N) is 2. The molecule has 0 aliphatic rings. The van der Waals surface area contributed by atoms with Gasteiger partial charge >= 0.3 is 0 Å². The van der Waals surface area contributed by atoms with E-state index in [1.165, 1.54) is 0 Å². The van der Waals surface area contributed by atoms with Gasteiger partial charge in [0.25, 0.3) is 0 Å². The van der Waals surface area contributed by atoms with Crippen LogP contribution in [0.2, 0.25) is 10.0 Å². The third-order valence-electron chi connectivity index (χ3n) is 3.43. The summed E-state index contributed by atoms with van der Waals surface area (Å²) in [7, 11) is 0. The van der Waals surface area contributed by atoms with E-state index in [1.807, 2.05) is 6.07 Å². The Morgan fingerprint density at radius 1 is 1.27 bits per heavy atom. The van der Waals surface area contributed by atoms with E-state index in [0.29, 0.717) is 48.3 Å². The highest BCUT2D eigenvalue weighted by Crippen LogP contribution is 2.23. The van der Waals surface area contributed by atoms with Crippen LogP contribution < -0.4 is 0 Å². The minimum absolute atomic E-state index is 0.0852. The molecular formula is C17H22Cl2N2O. The fourth-order valence-electron chi connectivity index (χ4n) is 2.06. The number of benzene rings is 1. The quantitative estimate of drug-likeness (QED) is 0.687. The number of nitriles is 1. The summed E-state index contributed by atoms with van der Waals surface area (Å²) in [5.74, 6) is 0.620. The number of hydrogen-bond donors (Lipinski definition) is 0. The monoisotopic (exact) mass is 340 g/mol. The number of aryl methyl sites for hydroxylation is 1. The van der Waals surface area contributed by atoms with Gasteiger partial charge in [0.15, 0.2) is 0 Å². The van der Waals surface area contributed by atoms with E-state index >= 15 is 0 Å². The maximum absolute atomic E-state index is 12.3. The average molecular weight is 341 g/mol. The number of carbonyl (C=O) groups excluding carboxylic acids is 1. The molecule has 3 nitrogen and oxygen atoms in total. The topological polar surface area (TPSA) is 44.1 Å². The van der Waals surface area contributed by atoms with Gasteiger partial charge in [-0.05, 0) is 36.5 Å². The summed E-state index contributed by atoms with van der Waals surface area (Å²) in [6, 6.07) is 7.53. The zero-order valence-corrected chi connectivity index (χ0v) is 14.6. The van der Waals surface area contributed by atoms with E-state index in [4.69, 9.17) is 28.5 Å². The van der Waals surface area contributed by atoms with Crippen LogP contribution in [0, 0.1) is 17.2 Å². The second-order valence-corrected chi connectivity index (χ2v) is 6.53. The van der Waals surface area contributed by atoms with Crippen molar-refractivity contribution in [1.29, 1.82) is 5.26 Å². The Bertz CT molecular complexity index is 538. The molecule has 0 aromatic heterocycles. The second kappa shape index (κ2) is 9.71. The lowest BCUT2D eigenvalue weighted by atomic mass is 10.1. The van der Waals surface area contributed by atoms with Gasteiger partial charge in [-0.3, -0.25) is 4.79 Å². The molecule has 0 fully saturated rings. The third kappa shape index (κ3) is 6.68. The number of hydrogen-bond acceptors (Lipinski definition) is 2. The van der Waals surface area contributed by atoms with Crippen LogP contribution in [0.25, 0.3) is 0 Å². The lowest BCUT2D eigenvalue weighted by Crippen LogP contribution is -2.33. The van der Waals surface area contributed by atoms with Crippen LogP contribution in [-0.2, 0) is 11.2 Å². The first-order valence-corrected chi connectivity index (χ1v) is 8.28. The molecule has 1 rings (SSSR count). The van der Waals surface area contributed by atoms with Gasteiger partial charge in [0.1, 0.15) is 0 Å². The normalized spacial score (nSPS) is 10.5. The van der Waals surface area contributed by atoms with Crippen molar-refractivity contribution < 1.29 is 4.79 Å². The standard InChI is InChI=1S/C17H22Cl2N2O/c1-13(2)8-11-21(10-3-9-20)17(22)7-5-14-4-6-15(18)16(19)12-14/h4,6,12-13H,3,5,7-8,10-11H2,1-2H3. The van der Waals surface area contributed by atoms with E-state index in [0.717, 1.165) is 12.0 Å². The smallest absolute Gasteiger partial charge is 0.222 e. The molecule has 0 saturated carbocycles. The van der Waals surface area contributed by atoms with Gasteiger partial charge in [-0.1, -0.05) is 43.1 Å². The van der Waals surface area contributed by atoms with Gasteiger partial charge in [0.2, 0.25) is 5.91 Å². The molecule has 120 valence electrons. The molecule has 0 bridgehead atoms. The summed E-state index contributed by atoms with van der Waals surface area (Å²) in [6.07, 6.45) is 2.36. The van der Waals surface area contributed by atoms with Crippen molar-refractivity contribution in [3.63, 3.8) is 0 Å². The first kappa shape index (κ1) is 18.8. The summed E-state index contributed by atoms with van der Waals surface area (Å²) in [5.41, 5.74) is 0.992. The fourth-order valence-corrected chi connectivity index (χ4v) is 2.39. The minimum atomic E-state index is 0.0852. The summed E-state index contributed by atoms with van der Waals surface area (Å²) >= 11 is 11.9. The SMILES string of the molecule is CC(C)CCN(CCC#N)C(=O)CCc1ccc(Cl)c(Cl)c1. The van der Waals surface area contributed by atoms with Gasteiger partial charge in [0, 0.05) is 19.5 Å². The van der Waals surface area contributed by atoms with E-state index in [2.05, 4.69) is 19.9 Å². The number of rotatable bonds is 8. The van der Waals surface area contributed by atoms with Crippen LogP contribution in [0.3, 0.4) is 0 Å². The predicted octanol–water partition coefficient (Wildman–Crippen LogP) is 4.71. The first-order valence-electron chi connectivity index (χ1n) is 7.52. The van der Waals surface area contributed by atoms with Crippen LogP contribution in [-0.4, -0.2) is 23.9 Å². The maximum Gasteiger partial charge on any atom is 0.222 e. The molecule has 0 saturated heterocycles. The van der Waals surface area contributed by atoms with Crippen LogP contribution in [0.15, 0.2) is 18.2 Å². The largest absolute Gasteiger partial charge is 0.342 e. The summed E-state index contributed by atoms with van der Waals surface area (Å²) in [5, 5.41) is 9.75. The molecule has 22 heavy (non-hydrogen) atoms. The molecule has 0 atom stereocenters. The summed E-state index contributed by atoms with van der Waals surface area (Å²) in [6.45, 7) is 5.47. The zero-order valence-electron chi connectivity index (χ0n) is 13.1. The van der Waals surface area contributed by atoms with Crippen molar-refractivity contribution in [2.45, 2.75) is 39.5 Å². The first-order chi connectivity index (χ1) is 10.4. The van der Waals surface area contributed by atoms with E-state index < -0.39 is 0 Å². The van der Waals surface area contributed by atoms with Crippen molar-refractivity contribution in [2.24, 2.45) is 5.92 Å². The Morgan fingerprint density at radius 3 is 2.59 bits per heavy atom. The predicted molar refractivity (Wildman–Crippen MR) is 91.0 cm³/mol. The minimum Gasteiger partial charge on any atom is -0.342 e. The van der Waals surface area contributed by atoms with Gasteiger partial charge < -0.3 is 4.90 Å². The molecule has 0 spiro atoms. The van der Waals surface area contributed by atoms with Crippen molar-refractivity contribution in [1.82, 2.24) is 4.90 Å². The van der Waals surface area contributed by atoms with Gasteiger partial charge in [0.05, 0.1) is 22.5 Å². The fraction of sp³-hybridized carbons (Fsp3) is 0.529. The molecule has 0 heterocycles. The Morgan fingerprint density at radius 2 is 2.00 bits per heavy atom. The number of amides is 1. The van der Waals surface area contributed by atoms with Gasteiger partial charge in [-0.15, -0.1) is 0 Å². The molecular weight excluding hydrogens is 319 g/mol. The van der Waals surface area contributed by atoms with Crippen LogP contribution in [0.1, 0.15) is 38.7 Å². The molecule has 5 heteroatoms. The van der Waals surface area contributed by atoms with Crippen LogP contribution in [0.5, 0.6) is 0 Å². The molecule has 1 aromatic carbocycles. The van der Waals surface area contributed by atoms with E-state index in [1.54, 1.807) is 17.0 Å². The highest BCUT2D eigenvalue weighted by Gasteiger charge is 2.14. The second-order valence-electron chi connectivity index (χ2n) is 5.72. The molecule has 0 radical (unpaired) electrons. The van der Waals surface area contributed by atoms with Crippen LogP contribution in [0.4, 0.5) is 0 Å². The molecule has 0 unspecified atom stereocenters. The van der Waals surface area contributed by atoms with Crippen molar-refractivity contribution in [3.05, 3.63) is 33.8 Å².